The number of ether oxygens (including phenoxy) is 2. The molecule has 0 spiro atoms. The number of aromatic nitrogens is 1. The van der Waals surface area contributed by atoms with Gasteiger partial charge >= 0.3 is 0 Å². The molecule has 2 rings (SSSR count). The highest BCUT2D eigenvalue weighted by molar-refractivity contribution is 5.87. The van der Waals surface area contributed by atoms with Crippen LogP contribution in [0.15, 0.2) is 35.3 Å². The maximum absolute atomic E-state index is 11.6. The van der Waals surface area contributed by atoms with Gasteiger partial charge in [0.25, 0.3) is 11.5 Å². The Labute approximate surface area is 115 Å². The van der Waals surface area contributed by atoms with Gasteiger partial charge in [0, 0.05) is 25.2 Å². The van der Waals surface area contributed by atoms with Gasteiger partial charge in [-0.25, -0.2) is 0 Å². The van der Waals surface area contributed by atoms with Crippen molar-refractivity contribution in [2.75, 3.05) is 26.9 Å². The van der Waals surface area contributed by atoms with E-state index in [1.165, 1.54) is 0 Å². The molecular formula is C14H16N2O4. The van der Waals surface area contributed by atoms with Crippen molar-refractivity contribution in [2.45, 2.75) is 0 Å². The van der Waals surface area contributed by atoms with E-state index in [4.69, 9.17) is 9.47 Å². The predicted molar refractivity (Wildman–Crippen MR) is 74.9 cm³/mol. The number of fused-ring (bicyclic) bond motifs is 1. The van der Waals surface area contributed by atoms with Gasteiger partial charge in [-0.2, -0.15) is 0 Å². The second-order valence-electron chi connectivity index (χ2n) is 4.16. The van der Waals surface area contributed by atoms with Gasteiger partial charge in [0.1, 0.15) is 5.75 Å². The Bertz CT molecular complexity index is 651. The Morgan fingerprint density at radius 2 is 2.15 bits per heavy atom. The molecule has 0 saturated heterocycles. The highest BCUT2D eigenvalue weighted by atomic mass is 16.5. The molecule has 0 atom stereocenters. The van der Waals surface area contributed by atoms with Crippen LogP contribution in [-0.2, 0) is 9.53 Å². The lowest BCUT2D eigenvalue weighted by Crippen LogP contribution is -2.31. The van der Waals surface area contributed by atoms with E-state index < -0.39 is 0 Å². The van der Waals surface area contributed by atoms with Crippen molar-refractivity contribution in [2.24, 2.45) is 0 Å². The number of hydrogen-bond donors (Lipinski definition) is 2. The zero-order valence-corrected chi connectivity index (χ0v) is 11.1. The minimum Gasteiger partial charge on any atom is -0.483 e. The number of carbonyl (C=O) groups excluding carboxylic acids is 1. The van der Waals surface area contributed by atoms with Crippen molar-refractivity contribution in [1.29, 1.82) is 0 Å². The summed E-state index contributed by atoms with van der Waals surface area (Å²) >= 11 is 0. The Kier molecular flexibility index (Phi) is 4.73. The third-order valence-corrected chi connectivity index (χ3v) is 2.76. The summed E-state index contributed by atoms with van der Waals surface area (Å²) in [5.41, 5.74) is -0.183. The summed E-state index contributed by atoms with van der Waals surface area (Å²) in [7, 11) is 1.57. The number of aromatic amines is 1. The molecule has 2 aromatic rings. The van der Waals surface area contributed by atoms with Crippen LogP contribution in [0.2, 0.25) is 0 Å². The SMILES string of the molecule is COCCNC(=O)COc1cccc2c(=O)[nH]ccc12. The third kappa shape index (κ3) is 3.36. The van der Waals surface area contributed by atoms with Gasteiger partial charge in [-0.15, -0.1) is 0 Å². The Morgan fingerprint density at radius 1 is 1.30 bits per heavy atom. The first-order valence-electron chi connectivity index (χ1n) is 6.21. The van der Waals surface area contributed by atoms with Crippen molar-refractivity contribution in [3.8, 4) is 5.75 Å². The minimum atomic E-state index is -0.233. The number of amides is 1. The standard InChI is InChI=1S/C14H16N2O4/c1-19-8-7-15-13(17)9-20-12-4-2-3-11-10(12)5-6-16-14(11)18/h2-6H,7-9H2,1H3,(H,15,17)(H,16,18). The van der Waals surface area contributed by atoms with Gasteiger partial charge in [0.05, 0.1) is 12.0 Å². The lowest BCUT2D eigenvalue weighted by atomic mass is 10.1. The number of pyridine rings is 1. The number of carbonyl (C=O) groups is 1. The molecule has 1 amide bonds. The molecule has 20 heavy (non-hydrogen) atoms. The zero-order valence-electron chi connectivity index (χ0n) is 11.1. The second kappa shape index (κ2) is 6.72. The highest BCUT2D eigenvalue weighted by Crippen LogP contribution is 2.22. The average Bonchev–Trinajstić information content (AvgIpc) is 2.46. The Morgan fingerprint density at radius 3 is 2.95 bits per heavy atom. The fourth-order valence-electron chi connectivity index (χ4n) is 1.81. The van der Waals surface area contributed by atoms with Crippen molar-refractivity contribution in [3.63, 3.8) is 0 Å². The largest absolute Gasteiger partial charge is 0.483 e. The number of nitrogens with one attached hydrogen (secondary N) is 2. The molecular weight excluding hydrogens is 260 g/mol. The molecule has 0 radical (unpaired) electrons. The van der Waals surface area contributed by atoms with Crippen molar-refractivity contribution < 1.29 is 14.3 Å². The molecule has 0 aliphatic rings. The molecule has 0 aliphatic heterocycles. The first-order valence-corrected chi connectivity index (χ1v) is 6.21. The molecule has 0 fully saturated rings. The molecule has 1 aromatic carbocycles. The van der Waals surface area contributed by atoms with Crippen molar-refractivity contribution >= 4 is 16.7 Å². The lowest BCUT2D eigenvalue weighted by molar-refractivity contribution is -0.123. The number of H-pyrrole nitrogens is 1. The molecule has 0 bridgehead atoms. The third-order valence-electron chi connectivity index (χ3n) is 2.76. The van der Waals surface area contributed by atoms with Gasteiger partial charge in [0.15, 0.2) is 6.61 Å². The summed E-state index contributed by atoms with van der Waals surface area (Å²) in [5.74, 6) is 0.277. The van der Waals surface area contributed by atoms with E-state index in [0.29, 0.717) is 29.7 Å². The van der Waals surface area contributed by atoms with Gasteiger partial charge in [-0.05, 0) is 18.2 Å². The molecule has 6 nitrogen and oxygen atoms in total. The number of hydrogen-bond acceptors (Lipinski definition) is 4. The fraction of sp³-hybridized carbons (Fsp3) is 0.286. The first-order chi connectivity index (χ1) is 9.72. The Balaban J connectivity index is 2.05. The zero-order chi connectivity index (χ0) is 14.4. The molecule has 2 N–H and O–H groups in total. The van der Waals surface area contributed by atoms with Gasteiger partial charge in [-0.1, -0.05) is 6.07 Å². The summed E-state index contributed by atoms with van der Waals surface area (Å²) in [6.07, 6.45) is 1.55. The van der Waals surface area contributed by atoms with Crippen LogP contribution in [-0.4, -0.2) is 37.8 Å². The van der Waals surface area contributed by atoms with E-state index in [-0.39, 0.29) is 18.1 Å². The monoisotopic (exact) mass is 276 g/mol. The van der Waals surface area contributed by atoms with Crippen molar-refractivity contribution in [1.82, 2.24) is 10.3 Å². The molecule has 0 aliphatic carbocycles. The van der Waals surface area contributed by atoms with Crippen LogP contribution in [0.4, 0.5) is 0 Å². The summed E-state index contributed by atoms with van der Waals surface area (Å²) in [4.78, 5) is 25.8. The average molecular weight is 276 g/mol. The quantitative estimate of drug-likeness (QED) is 0.760. The van der Waals surface area contributed by atoms with Gasteiger partial charge in [-0.3, -0.25) is 9.59 Å². The molecule has 1 aromatic heterocycles. The number of benzene rings is 1. The molecule has 1 heterocycles. The fourth-order valence-corrected chi connectivity index (χ4v) is 1.81. The molecule has 6 heteroatoms. The summed E-state index contributed by atoms with van der Waals surface area (Å²) < 4.78 is 10.3. The molecule has 106 valence electrons. The van der Waals surface area contributed by atoms with E-state index in [2.05, 4.69) is 10.3 Å². The second-order valence-corrected chi connectivity index (χ2v) is 4.16. The maximum atomic E-state index is 11.6. The summed E-state index contributed by atoms with van der Waals surface area (Å²) in [6.45, 7) is 0.791. The summed E-state index contributed by atoms with van der Waals surface area (Å²) in [5, 5.41) is 3.87. The van der Waals surface area contributed by atoms with Gasteiger partial charge in [0.2, 0.25) is 0 Å². The first kappa shape index (κ1) is 14.1. The molecule has 0 unspecified atom stereocenters. The molecule has 0 saturated carbocycles. The van der Waals surface area contributed by atoms with E-state index in [1.54, 1.807) is 37.6 Å². The van der Waals surface area contributed by atoms with E-state index >= 15 is 0 Å². The van der Waals surface area contributed by atoms with Crippen LogP contribution in [0.5, 0.6) is 5.75 Å². The highest BCUT2D eigenvalue weighted by Gasteiger charge is 2.06. The summed E-state index contributed by atoms with van der Waals surface area (Å²) in [6, 6.07) is 6.90. The smallest absolute Gasteiger partial charge is 0.258 e. The van der Waals surface area contributed by atoms with Crippen LogP contribution in [0.1, 0.15) is 0 Å². The lowest BCUT2D eigenvalue weighted by Gasteiger charge is -2.09. The van der Waals surface area contributed by atoms with E-state index in [1.807, 2.05) is 0 Å². The minimum absolute atomic E-state index is 0.102. The predicted octanol–water partition coefficient (Wildman–Crippen LogP) is 0.669. The Hall–Kier alpha value is -2.34. The maximum Gasteiger partial charge on any atom is 0.258 e. The van der Waals surface area contributed by atoms with E-state index in [9.17, 15) is 9.59 Å². The van der Waals surface area contributed by atoms with Crippen LogP contribution in [0.25, 0.3) is 10.8 Å². The normalized spacial score (nSPS) is 10.4. The van der Waals surface area contributed by atoms with E-state index in [0.717, 1.165) is 0 Å². The number of methoxy groups -OCH3 is 1. The van der Waals surface area contributed by atoms with Crippen LogP contribution in [0.3, 0.4) is 0 Å². The van der Waals surface area contributed by atoms with Crippen LogP contribution in [0, 0.1) is 0 Å². The number of rotatable bonds is 6. The van der Waals surface area contributed by atoms with Gasteiger partial charge < -0.3 is 19.8 Å². The van der Waals surface area contributed by atoms with Crippen molar-refractivity contribution in [3.05, 3.63) is 40.8 Å². The topological polar surface area (TPSA) is 80.4 Å². The van der Waals surface area contributed by atoms with Crippen LogP contribution < -0.4 is 15.6 Å². The van der Waals surface area contributed by atoms with Crippen LogP contribution >= 0.6 is 0 Å².